The van der Waals surface area contributed by atoms with E-state index in [4.69, 9.17) is 11.6 Å². The minimum absolute atomic E-state index is 0.215. The fraction of sp³-hybridized carbons (Fsp3) is 0.267. The summed E-state index contributed by atoms with van der Waals surface area (Å²) < 4.78 is 2.02. The van der Waals surface area contributed by atoms with Crippen LogP contribution in [0.1, 0.15) is 35.7 Å². The van der Waals surface area contributed by atoms with Gasteiger partial charge in [-0.05, 0) is 30.2 Å². The van der Waals surface area contributed by atoms with Crippen LogP contribution in [0.15, 0.2) is 42.7 Å². The monoisotopic (exact) mass is 261 g/mol. The zero-order valence-corrected chi connectivity index (χ0v) is 11.2. The average molecular weight is 262 g/mol. The molecule has 18 heavy (non-hydrogen) atoms. The lowest BCUT2D eigenvalue weighted by Gasteiger charge is -2.03. The third kappa shape index (κ3) is 3.23. The standard InChI is InChI=1S/C15H16ClNO/c1-2-3-15(18)13-8-9-17(11-13)10-12-4-6-14(16)7-5-12/h4-9,11H,2-3,10H2,1H3. The predicted octanol–water partition coefficient (Wildman–Crippen LogP) is 4.17. The number of ketones is 1. The molecule has 3 heteroatoms. The zero-order valence-electron chi connectivity index (χ0n) is 10.4. The molecule has 0 N–H and O–H groups in total. The molecule has 0 amide bonds. The Labute approximate surface area is 112 Å². The van der Waals surface area contributed by atoms with Gasteiger partial charge < -0.3 is 4.57 Å². The van der Waals surface area contributed by atoms with Crippen LogP contribution in [0.25, 0.3) is 0 Å². The quantitative estimate of drug-likeness (QED) is 0.741. The molecule has 94 valence electrons. The van der Waals surface area contributed by atoms with E-state index in [1.165, 1.54) is 5.56 Å². The van der Waals surface area contributed by atoms with Gasteiger partial charge in [-0.15, -0.1) is 0 Å². The molecule has 0 saturated carbocycles. The Balaban J connectivity index is 2.06. The van der Waals surface area contributed by atoms with Crippen molar-refractivity contribution in [2.45, 2.75) is 26.3 Å². The highest BCUT2D eigenvalue weighted by Crippen LogP contribution is 2.12. The molecule has 2 rings (SSSR count). The lowest BCUT2D eigenvalue weighted by atomic mass is 10.1. The molecule has 0 unspecified atom stereocenters. The number of Topliss-reactive ketones (excluding diaryl/α,β-unsaturated/α-hetero) is 1. The van der Waals surface area contributed by atoms with E-state index in [9.17, 15) is 4.79 Å². The van der Waals surface area contributed by atoms with E-state index in [-0.39, 0.29) is 5.78 Å². The summed E-state index contributed by atoms with van der Waals surface area (Å²) >= 11 is 5.84. The fourth-order valence-electron chi connectivity index (χ4n) is 1.88. The number of carbonyl (C=O) groups is 1. The summed E-state index contributed by atoms with van der Waals surface area (Å²) in [6, 6.07) is 9.63. The highest BCUT2D eigenvalue weighted by molar-refractivity contribution is 6.30. The van der Waals surface area contributed by atoms with Crippen molar-refractivity contribution in [2.24, 2.45) is 0 Å². The Hall–Kier alpha value is -1.54. The van der Waals surface area contributed by atoms with E-state index in [0.717, 1.165) is 23.6 Å². The van der Waals surface area contributed by atoms with Crippen molar-refractivity contribution < 1.29 is 4.79 Å². The predicted molar refractivity (Wildman–Crippen MR) is 74.2 cm³/mol. The van der Waals surface area contributed by atoms with Crippen molar-refractivity contribution in [3.8, 4) is 0 Å². The number of halogens is 1. The first-order valence-corrected chi connectivity index (χ1v) is 6.50. The lowest BCUT2D eigenvalue weighted by Crippen LogP contribution is -1.98. The number of aromatic nitrogens is 1. The number of carbonyl (C=O) groups excluding carboxylic acids is 1. The smallest absolute Gasteiger partial charge is 0.164 e. The molecule has 0 bridgehead atoms. The highest BCUT2D eigenvalue weighted by atomic mass is 35.5. The molecule has 1 aromatic carbocycles. The van der Waals surface area contributed by atoms with Gasteiger partial charge in [0, 0.05) is 35.9 Å². The van der Waals surface area contributed by atoms with E-state index in [1.54, 1.807) is 0 Å². The topological polar surface area (TPSA) is 22.0 Å². The first kappa shape index (κ1) is 12.9. The molecule has 0 spiro atoms. The van der Waals surface area contributed by atoms with Gasteiger partial charge in [-0.25, -0.2) is 0 Å². The number of nitrogens with zero attached hydrogens (tertiary/aromatic N) is 1. The molecule has 0 aliphatic carbocycles. The van der Waals surface area contributed by atoms with Crippen molar-refractivity contribution in [2.75, 3.05) is 0 Å². The third-order valence-corrected chi connectivity index (χ3v) is 3.08. The van der Waals surface area contributed by atoms with E-state index >= 15 is 0 Å². The second-order valence-electron chi connectivity index (χ2n) is 4.37. The van der Waals surface area contributed by atoms with E-state index in [0.29, 0.717) is 6.42 Å². The Morgan fingerprint density at radius 3 is 2.61 bits per heavy atom. The van der Waals surface area contributed by atoms with Gasteiger partial charge in [0.15, 0.2) is 5.78 Å². The molecule has 0 aliphatic rings. The van der Waals surface area contributed by atoms with Crippen molar-refractivity contribution >= 4 is 17.4 Å². The van der Waals surface area contributed by atoms with Crippen LogP contribution in [0.5, 0.6) is 0 Å². The summed E-state index contributed by atoms with van der Waals surface area (Å²) in [4.78, 5) is 11.7. The summed E-state index contributed by atoms with van der Waals surface area (Å²) in [6.45, 7) is 2.78. The minimum atomic E-state index is 0.215. The first-order valence-electron chi connectivity index (χ1n) is 6.12. The van der Waals surface area contributed by atoms with Crippen LogP contribution in [-0.4, -0.2) is 10.4 Å². The van der Waals surface area contributed by atoms with Crippen molar-refractivity contribution in [1.82, 2.24) is 4.57 Å². The van der Waals surface area contributed by atoms with Crippen molar-refractivity contribution in [1.29, 1.82) is 0 Å². The molecule has 0 radical (unpaired) electrons. The fourth-order valence-corrected chi connectivity index (χ4v) is 2.00. The maximum absolute atomic E-state index is 11.7. The largest absolute Gasteiger partial charge is 0.349 e. The first-order chi connectivity index (χ1) is 8.69. The van der Waals surface area contributed by atoms with E-state index < -0.39 is 0 Å². The molecule has 2 aromatic rings. The summed E-state index contributed by atoms with van der Waals surface area (Å²) in [5, 5.41) is 0.741. The third-order valence-electron chi connectivity index (χ3n) is 2.83. The number of rotatable bonds is 5. The van der Waals surface area contributed by atoms with Gasteiger partial charge >= 0.3 is 0 Å². The van der Waals surface area contributed by atoms with Crippen LogP contribution in [0.3, 0.4) is 0 Å². The second kappa shape index (κ2) is 5.87. The molecule has 0 atom stereocenters. The summed E-state index contributed by atoms with van der Waals surface area (Å²) in [5.41, 5.74) is 1.97. The Morgan fingerprint density at radius 2 is 1.94 bits per heavy atom. The molecule has 2 nitrogen and oxygen atoms in total. The molecule has 0 saturated heterocycles. The number of hydrogen-bond donors (Lipinski definition) is 0. The van der Waals surface area contributed by atoms with Crippen LogP contribution in [0.2, 0.25) is 5.02 Å². The van der Waals surface area contributed by atoms with Crippen molar-refractivity contribution in [3.05, 3.63) is 58.9 Å². The summed E-state index contributed by atoms with van der Waals surface area (Å²) in [5.74, 6) is 0.215. The summed E-state index contributed by atoms with van der Waals surface area (Å²) in [6.07, 6.45) is 5.36. The van der Waals surface area contributed by atoms with Crippen molar-refractivity contribution in [3.63, 3.8) is 0 Å². The normalized spacial score (nSPS) is 10.6. The molecule has 0 aliphatic heterocycles. The van der Waals surface area contributed by atoms with E-state index in [1.807, 2.05) is 54.2 Å². The van der Waals surface area contributed by atoms with Crippen LogP contribution < -0.4 is 0 Å². The number of benzene rings is 1. The average Bonchev–Trinajstić information content (AvgIpc) is 2.81. The lowest BCUT2D eigenvalue weighted by molar-refractivity contribution is 0.0981. The molecule has 1 heterocycles. The molecule has 0 fully saturated rings. The van der Waals surface area contributed by atoms with Gasteiger partial charge in [-0.1, -0.05) is 30.7 Å². The van der Waals surface area contributed by atoms with Gasteiger partial charge in [0.1, 0.15) is 0 Å². The minimum Gasteiger partial charge on any atom is -0.349 e. The van der Waals surface area contributed by atoms with Gasteiger partial charge in [-0.3, -0.25) is 4.79 Å². The maximum Gasteiger partial charge on any atom is 0.164 e. The summed E-state index contributed by atoms with van der Waals surface area (Å²) in [7, 11) is 0. The Morgan fingerprint density at radius 1 is 1.22 bits per heavy atom. The van der Waals surface area contributed by atoms with E-state index in [2.05, 4.69) is 0 Å². The highest BCUT2D eigenvalue weighted by Gasteiger charge is 2.06. The Bertz CT molecular complexity index is 528. The SMILES string of the molecule is CCCC(=O)c1ccn(Cc2ccc(Cl)cc2)c1. The number of hydrogen-bond acceptors (Lipinski definition) is 1. The van der Waals surface area contributed by atoms with Crippen LogP contribution >= 0.6 is 11.6 Å². The second-order valence-corrected chi connectivity index (χ2v) is 4.81. The van der Waals surface area contributed by atoms with Gasteiger partial charge in [-0.2, -0.15) is 0 Å². The van der Waals surface area contributed by atoms with Gasteiger partial charge in [0.05, 0.1) is 0 Å². The molecule has 1 aromatic heterocycles. The maximum atomic E-state index is 11.7. The van der Waals surface area contributed by atoms with Crippen LogP contribution in [0, 0.1) is 0 Å². The Kier molecular flexibility index (Phi) is 4.21. The van der Waals surface area contributed by atoms with Crippen LogP contribution in [-0.2, 0) is 6.54 Å². The van der Waals surface area contributed by atoms with Crippen LogP contribution in [0.4, 0.5) is 0 Å². The van der Waals surface area contributed by atoms with Gasteiger partial charge in [0.2, 0.25) is 0 Å². The zero-order chi connectivity index (χ0) is 13.0. The molecular weight excluding hydrogens is 246 g/mol. The molecular formula is C15H16ClNO. The van der Waals surface area contributed by atoms with Gasteiger partial charge in [0.25, 0.3) is 0 Å².